The van der Waals surface area contributed by atoms with Crippen LogP contribution >= 0.6 is 0 Å². The second-order valence-corrected chi connectivity index (χ2v) is 10.0. The largest absolute Gasteiger partial charge is 0.490 e. The molecular formula is C33H34N4O5. The summed E-state index contributed by atoms with van der Waals surface area (Å²) in [5.74, 6) is 5.64. The maximum absolute atomic E-state index is 13.4. The molecule has 0 saturated heterocycles. The molecule has 1 atom stereocenters. The van der Waals surface area contributed by atoms with Crippen molar-refractivity contribution in [3.8, 4) is 17.6 Å². The fraction of sp³-hybridized carbons (Fsp3) is 0.242. The summed E-state index contributed by atoms with van der Waals surface area (Å²) in [4.78, 5) is 41.6. The summed E-state index contributed by atoms with van der Waals surface area (Å²) in [6, 6.07) is 18.2. The van der Waals surface area contributed by atoms with E-state index in [9.17, 15) is 19.5 Å². The number of hydrogen-bond acceptors (Lipinski definition) is 5. The summed E-state index contributed by atoms with van der Waals surface area (Å²) < 4.78 is 5.90. The number of aliphatic hydroxyl groups is 1. The van der Waals surface area contributed by atoms with Gasteiger partial charge >= 0.3 is 6.03 Å². The van der Waals surface area contributed by atoms with E-state index >= 15 is 0 Å². The highest BCUT2D eigenvalue weighted by molar-refractivity contribution is 6.03. The first-order chi connectivity index (χ1) is 20.2. The van der Waals surface area contributed by atoms with Gasteiger partial charge in [-0.1, -0.05) is 30.0 Å². The van der Waals surface area contributed by atoms with E-state index in [2.05, 4.69) is 22.1 Å². The first-order valence-electron chi connectivity index (χ1n) is 13.7. The fourth-order valence-electron chi connectivity index (χ4n) is 4.53. The Bertz CT molecular complexity index is 1650. The SMILES string of the molecule is CCN(C(N)=O)C(=O)c1ccc(C#Cc2ccc(OC(C)C)c(C(=O)N[C@@H](CO)Cc3c[nH]c4ccccc34)c2)cc1. The highest BCUT2D eigenvalue weighted by Gasteiger charge is 2.20. The average Bonchev–Trinajstić information content (AvgIpc) is 3.39. The number of aromatic amines is 1. The Hall–Kier alpha value is -5.07. The van der Waals surface area contributed by atoms with Crippen molar-refractivity contribution in [3.05, 3.63) is 101 Å². The van der Waals surface area contributed by atoms with Crippen molar-refractivity contribution in [2.75, 3.05) is 13.2 Å². The number of amides is 4. The molecule has 0 unspecified atom stereocenters. The Morgan fingerprint density at radius 3 is 2.38 bits per heavy atom. The van der Waals surface area contributed by atoms with E-state index in [0.29, 0.717) is 34.4 Å². The summed E-state index contributed by atoms with van der Waals surface area (Å²) in [7, 11) is 0. The van der Waals surface area contributed by atoms with Crippen LogP contribution in [0, 0.1) is 11.8 Å². The van der Waals surface area contributed by atoms with Crippen LogP contribution in [0.25, 0.3) is 10.9 Å². The fourth-order valence-corrected chi connectivity index (χ4v) is 4.53. The molecule has 9 nitrogen and oxygen atoms in total. The maximum atomic E-state index is 13.4. The number of para-hydroxylation sites is 1. The zero-order valence-electron chi connectivity index (χ0n) is 23.8. The summed E-state index contributed by atoms with van der Waals surface area (Å²) in [5, 5.41) is 14.1. The lowest BCUT2D eigenvalue weighted by atomic mass is 10.0. The number of fused-ring (bicyclic) bond motifs is 1. The maximum Gasteiger partial charge on any atom is 0.321 e. The van der Waals surface area contributed by atoms with Crippen LogP contribution in [0.4, 0.5) is 4.79 Å². The first-order valence-corrected chi connectivity index (χ1v) is 13.7. The van der Waals surface area contributed by atoms with E-state index in [1.54, 1.807) is 49.4 Å². The molecule has 4 aromatic rings. The molecule has 1 aromatic heterocycles. The van der Waals surface area contributed by atoms with E-state index in [0.717, 1.165) is 21.4 Å². The minimum absolute atomic E-state index is 0.159. The summed E-state index contributed by atoms with van der Waals surface area (Å²) in [6.45, 7) is 5.35. The van der Waals surface area contributed by atoms with Crippen molar-refractivity contribution < 1.29 is 24.2 Å². The van der Waals surface area contributed by atoms with E-state index in [1.807, 2.05) is 44.3 Å². The number of nitrogens with two attached hydrogens (primary N) is 1. The zero-order chi connectivity index (χ0) is 30.2. The minimum Gasteiger partial charge on any atom is -0.490 e. The van der Waals surface area contributed by atoms with Gasteiger partial charge in [-0.3, -0.25) is 14.5 Å². The van der Waals surface area contributed by atoms with Crippen LogP contribution in [0.15, 0.2) is 72.9 Å². The van der Waals surface area contributed by atoms with Crippen LogP contribution in [-0.2, 0) is 6.42 Å². The Labute approximate surface area is 244 Å². The highest BCUT2D eigenvalue weighted by atomic mass is 16.5. The number of imide groups is 1. The molecule has 0 bridgehead atoms. The molecule has 216 valence electrons. The van der Waals surface area contributed by atoms with E-state index in [-0.39, 0.29) is 25.2 Å². The van der Waals surface area contributed by atoms with E-state index < -0.39 is 18.0 Å². The second-order valence-electron chi connectivity index (χ2n) is 10.0. The van der Waals surface area contributed by atoms with E-state index in [1.165, 1.54) is 0 Å². The predicted molar refractivity (Wildman–Crippen MR) is 161 cm³/mol. The van der Waals surface area contributed by atoms with Crippen molar-refractivity contribution in [1.82, 2.24) is 15.2 Å². The van der Waals surface area contributed by atoms with Crippen LogP contribution in [-0.4, -0.2) is 58.1 Å². The number of urea groups is 1. The Morgan fingerprint density at radius 2 is 1.71 bits per heavy atom. The van der Waals surface area contributed by atoms with Crippen LogP contribution in [0.5, 0.6) is 5.75 Å². The number of benzene rings is 3. The van der Waals surface area contributed by atoms with Crippen LogP contribution < -0.4 is 15.8 Å². The number of rotatable bonds is 9. The number of nitrogens with zero attached hydrogens (tertiary/aromatic N) is 1. The smallest absolute Gasteiger partial charge is 0.321 e. The van der Waals surface area contributed by atoms with Crippen LogP contribution in [0.3, 0.4) is 0 Å². The lowest BCUT2D eigenvalue weighted by molar-refractivity contribution is 0.0814. The number of carbonyl (C=O) groups excluding carboxylic acids is 3. The quantitative estimate of drug-likeness (QED) is 0.225. The average molecular weight is 567 g/mol. The van der Waals surface area contributed by atoms with Gasteiger partial charge in [-0.05, 0) is 81.3 Å². The predicted octanol–water partition coefficient (Wildman–Crippen LogP) is 4.23. The Balaban J connectivity index is 1.54. The molecule has 4 rings (SSSR count). The zero-order valence-corrected chi connectivity index (χ0v) is 23.8. The number of ether oxygens (including phenoxy) is 1. The van der Waals surface area contributed by atoms with Gasteiger partial charge in [0.15, 0.2) is 0 Å². The van der Waals surface area contributed by atoms with Gasteiger partial charge in [0, 0.05) is 40.3 Å². The molecule has 0 spiro atoms. The number of H-pyrrole nitrogens is 1. The molecule has 9 heteroatoms. The van der Waals surface area contributed by atoms with Crippen LogP contribution in [0.2, 0.25) is 0 Å². The highest BCUT2D eigenvalue weighted by Crippen LogP contribution is 2.23. The number of nitrogens with one attached hydrogen (secondary N) is 2. The standard InChI is InChI=1S/C33H34N4O5/c1-4-37(33(34)41)32(40)24-14-11-22(12-15-24)9-10-23-13-16-30(42-21(2)3)28(17-23)31(39)36-26(20-38)18-25-19-35-29-8-6-5-7-27(25)29/h5-8,11-17,19,21,26,35,38H,4,18,20H2,1-3H3,(H2,34,41)(H,36,39)/t26-/m1/s1. The summed E-state index contributed by atoms with van der Waals surface area (Å²) in [6.07, 6.45) is 2.18. The third-order valence-electron chi connectivity index (χ3n) is 6.59. The van der Waals surface area contributed by atoms with Crippen molar-refractivity contribution >= 4 is 28.7 Å². The van der Waals surface area contributed by atoms with Crippen molar-refractivity contribution in [2.24, 2.45) is 5.73 Å². The van der Waals surface area contributed by atoms with Gasteiger partial charge in [-0.2, -0.15) is 0 Å². The molecule has 0 aliphatic carbocycles. The van der Waals surface area contributed by atoms with Gasteiger partial charge in [0.1, 0.15) is 5.75 Å². The van der Waals surface area contributed by atoms with Crippen LogP contribution in [0.1, 0.15) is 58.2 Å². The molecule has 5 N–H and O–H groups in total. The molecule has 0 fully saturated rings. The van der Waals surface area contributed by atoms with Gasteiger partial charge < -0.3 is 25.9 Å². The number of aliphatic hydroxyl groups excluding tert-OH is 1. The molecular weight excluding hydrogens is 532 g/mol. The van der Waals surface area contributed by atoms with Crippen molar-refractivity contribution in [3.63, 3.8) is 0 Å². The Kier molecular flexibility index (Phi) is 9.63. The van der Waals surface area contributed by atoms with Gasteiger partial charge in [0.2, 0.25) is 0 Å². The molecule has 0 saturated carbocycles. The van der Waals surface area contributed by atoms with Crippen molar-refractivity contribution in [2.45, 2.75) is 39.3 Å². The van der Waals surface area contributed by atoms with Gasteiger partial charge in [0.05, 0.1) is 24.3 Å². The monoisotopic (exact) mass is 566 g/mol. The van der Waals surface area contributed by atoms with Gasteiger partial charge in [-0.15, -0.1) is 0 Å². The molecule has 1 heterocycles. The van der Waals surface area contributed by atoms with Crippen molar-refractivity contribution in [1.29, 1.82) is 0 Å². The Morgan fingerprint density at radius 1 is 1.02 bits per heavy atom. The lowest BCUT2D eigenvalue weighted by Gasteiger charge is -2.19. The molecule has 0 aliphatic heterocycles. The normalized spacial score (nSPS) is 11.5. The number of primary amides is 1. The molecule has 3 aromatic carbocycles. The number of carbonyl (C=O) groups is 3. The number of aromatic nitrogens is 1. The minimum atomic E-state index is -0.806. The third kappa shape index (κ3) is 7.16. The van der Waals surface area contributed by atoms with E-state index in [4.69, 9.17) is 10.5 Å². The molecule has 4 amide bonds. The van der Waals surface area contributed by atoms with Gasteiger partial charge in [0.25, 0.3) is 11.8 Å². The molecule has 0 aliphatic rings. The second kappa shape index (κ2) is 13.5. The summed E-state index contributed by atoms with van der Waals surface area (Å²) >= 11 is 0. The van der Waals surface area contributed by atoms with Gasteiger partial charge in [-0.25, -0.2) is 4.79 Å². The molecule has 42 heavy (non-hydrogen) atoms. The summed E-state index contributed by atoms with van der Waals surface area (Å²) in [5.41, 5.74) is 9.11. The third-order valence-corrected chi connectivity index (χ3v) is 6.59. The topological polar surface area (TPSA) is 138 Å². The molecule has 0 radical (unpaired) electrons. The first kappa shape index (κ1) is 29.9. The number of hydrogen-bond donors (Lipinski definition) is 4. The lowest BCUT2D eigenvalue weighted by Crippen LogP contribution is -2.40.